The molecule has 0 radical (unpaired) electrons. The molecule has 1 N–H and O–H groups in total. The third-order valence-corrected chi connectivity index (χ3v) is 3.62. The maximum Gasteiger partial charge on any atom is 0.307 e. The van der Waals surface area contributed by atoms with E-state index in [1.807, 2.05) is 0 Å². The summed E-state index contributed by atoms with van der Waals surface area (Å²) in [6.07, 6.45) is 3.96. The number of ether oxygens (including phenoxy) is 1. The number of amides is 1. The zero-order chi connectivity index (χ0) is 13.5. The third-order valence-electron chi connectivity index (χ3n) is 3.62. The normalized spacial score (nSPS) is 23.7. The van der Waals surface area contributed by atoms with E-state index in [1.165, 1.54) is 0 Å². The SMILES string of the molecule is COCCCN(C)C(=O)C1CCCCC1C(=O)O. The summed E-state index contributed by atoms with van der Waals surface area (Å²) in [5.74, 6) is -1.71. The van der Waals surface area contributed by atoms with Crippen molar-refractivity contribution < 1.29 is 19.4 Å². The van der Waals surface area contributed by atoms with Gasteiger partial charge in [0.15, 0.2) is 0 Å². The van der Waals surface area contributed by atoms with Crippen LogP contribution in [0.25, 0.3) is 0 Å². The van der Waals surface area contributed by atoms with Gasteiger partial charge in [-0.05, 0) is 19.3 Å². The van der Waals surface area contributed by atoms with Gasteiger partial charge in [-0.3, -0.25) is 9.59 Å². The van der Waals surface area contributed by atoms with Crippen molar-refractivity contribution in [1.29, 1.82) is 0 Å². The summed E-state index contributed by atoms with van der Waals surface area (Å²) in [6, 6.07) is 0. The largest absolute Gasteiger partial charge is 0.481 e. The van der Waals surface area contributed by atoms with Crippen molar-refractivity contribution in [3.05, 3.63) is 0 Å². The summed E-state index contributed by atoms with van der Waals surface area (Å²) in [4.78, 5) is 25.0. The molecule has 1 saturated carbocycles. The molecule has 1 aliphatic carbocycles. The lowest BCUT2D eigenvalue weighted by atomic mass is 9.78. The van der Waals surface area contributed by atoms with Crippen LogP contribution in [0.1, 0.15) is 32.1 Å². The number of carbonyl (C=O) groups is 2. The minimum Gasteiger partial charge on any atom is -0.481 e. The Kier molecular flexibility index (Phi) is 6.12. The average Bonchev–Trinajstić information content (AvgIpc) is 2.38. The molecule has 2 unspecified atom stereocenters. The van der Waals surface area contributed by atoms with Crippen LogP contribution in [-0.2, 0) is 14.3 Å². The lowest BCUT2D eigenvalue weighted by Gasteiger charge is -2.31. The highest BCUT2D eigenvalue weighted by Gasteiger charge is 2.36. The molecule has 0 aromatic rings. The predicted molar refractivity (Wildman–Crippen MR) is 67.2 cm³/mol. The van der Waals surface area contributed by atoms with Gasteiger partial charge < -0.3 is 14.7 Å². The molecule has 18 heavy (non-hydrogen) atoms. The highest BCUT2D eigenvalue weighted by atomic mass is 16.5. The van der Waals surface area contributed by atoms with E-state index in [1.54, 1.807) is 19.1 Å². The Morgan fingerprint density at radius 3 is 2.44 bits per heavy atom. The molecule has 0 saturated heterocycles. The molecule has 1 fully saturated rings. The van der Waals surface area contributed by atoms with Gasteiger partial charge >= 0.3 is 5.97 Å². The fraction of sp³-hybridized carbons (Fsp3) is 0.846. The van der Waals surface area contributed by atoms with Crippen LogP contribution in [0.4, 0.5) is 0 Å². The first-order chi connectivity index (χ1) is 8.57. The van der Waals surface area contributed by atoms with Gasteiger partial charge in [0, 0.05) is 27.3 Å². The Hall–Kier alpha value is -1.10. The fourth-order valence-corrected chi connectivity index (χ4v) is 2.56. The fourth-order valence-electron chi connectivity index (χ4n) is 2.56. The first-order valence-corrected chi connectivity index (χ1v) is 6.54. The third kappa shape index (κ3) is 3.98. The second kappa shape index (κ2) is 7.36. The molecular weight excluding hydrogens is 234 g/mol. The molecule has 1 aliphatic rings. The Balaban J connectivity index is 2.54. The molecule has 1 rings (SSSR count). The molecule has 0 heterocycles. The highest BCUT2D eigenvalue weighted by molar-refractivity contribution is 5.84. The van der Waals surface area contributed by atoms with Crippen molar-refractivity contribution in [2.75, 3.05) is 27.3 Å². The number of hydrogen-bond acceptors (Lipinski definition) is 3. The van der Waals surface area contributed by atoms with E-state index in [0.29, 0.717) is 26.0 Å². The maximum absolute atomic E-state index is 12.2. The Bertz CT molecular complexity index is 293. The van der Waals surface area contributed by atoms with E-state index in [9.17, 15) is 9.59 Å². The van der Waals surface area contributed by atoms with Gasteiger partial charge in [0.1, 0.15) is 0 Å². The molecule has 5 nitrogen and oxygen atoms in total. The second-order valence-corrected chi connectivity index (χ2v) is 4.94. The second-order valence-electron chi connectivity index (χ2n) is 4.94. The van der Waals surface area contributed by atoms with E-state index in [-0.39, 0.29) is 11.8 Å². The number of carboxylic acids is 1. The zero-order valence-corrected chi connectivity index (χ0v) is 11.2. The molecule has 0 aromatic carbocycles. The topological polar surface area (TPSA) is 66.8 Å². The average molecular weight is 257 g/mol. The Morgan fingerprint density at radius 1 is 1.28 bits per heavy atom. The summed E-state index contributed by atoms with van der Waals surface area (Å²) >= 11 is 0. The number of aliphatic carboxylic acids is 1. The van der Waals surface area contributed by atoms with Crippen LogP contribution < -0.4 is 0 Å². The van der Waals surface area contributed by atoms with Gasteiger partial charge in [-0.15, -0.1) is 0 Å². The molecular formula is C13H23NO4. The number of carbonyl (C=O) groups excluding carboxylic acids is 1. The van der Waals surface area contributed by atoms with Crippen molar-refractivity contribution in [3.8, 4) is 0 Å². The van der Waals surface area contributed by atoms with Crippen LogP contribution in [0.15, 0.2) is 0 Å². The minimum atomic E-state index is -0.835. The van der Waals surface area contributed by atoms with E-state index >= 15 is 0 Å². The van der Waals surface area contributed by atoms with E-state index in [0.717, 1.165) is 19.3 Å². The van der Waals surface area contributed by atoms with Gasteiger partial charge in [-0.2, -0.15) is 0 Å². The van der Waals surface area contributed by atoms with Crippen LogP contribution >= 0.6 is 0 Å². The van der Waals surface area contributed by atoms with Gasteiger partial charge in [-0.25, -0.2) is 0 Å². The molecule has 1 amide bonds. The summed E-state index contributed by atoms with van der Waals surface area (Å²) in [7, 11) is 3.37. The molecule has 0 bridgehead atoms. The summed E-state index contributed by atoms with van der Waals surface area (Å²) in [5, 5.41) is 9.16. The smallest absolute Gasteiger partial charge is 0.307 e. The van der Waals surface area contributed by atoms with Crippen molar-refractivity contribution >= 4 is 11.9 Å². The maximum atomic E-state index is 12.2. The predicted octanol–water partition coefficient (Wildman–Crippen LogP) is 1.37. The summed E-state index contributed by atoms with van der Waals surface area (Å²) < 4.78 is 4.94. The van der Waals surface area contributed by atoms with Crippen LogP contribution in [0.2, 0.25) is 0 Å². The van der Waals surface area contributed by atoms with Gasteiger partial charge in [-0.1, -0.05) is 12.8 Å². The molecule has 0 spiro atoms. The number of rotatable bonds is 6. The van der Waals surface area contributed by atoms with Crippen LogP contribution in [0.3, 0.4) is 0 Å². The summed E-state index contributed by atoms with van der Waals surface area (Å²) in [5.41, 5.74) is 0. The van der Waals surface area contributed by atoms with Crippen molar-refractivity contribution in [2.45, 2.75) is 32.1 Å². The lowest BCUT2D eigenvalue weighted by Crippen LogP contribution is -2.41. The van der Waals surface area contributed by atoms with E-state index < -0.39 is 11.9 Å². The van der Waals surface area contributed by atoms with Crippen LogP contribution in [-0.4, -0.2) is 49.2 Å². The summed E-state index contributed by atoms with van der Waals surface area (Å²) in [6.45, 7) is 1.24. The van der Waals surface area contributed by atoms with Crippen molar-refractivity contribution in [1.82, 2.24) is 4.90 Å². The minimum absolute atomic E-state index is 0.0294. The van der Waals surface area contributed by atoms with Gasteiger partial charge in [0.25, 0.3) is 0 Å². The van der Waals surface area contributed by atoms with Gasteiger partial charge in [0.05, 0.1) is 11.8 Å². The van der Waals surface area contributed by atoms with Gasteiger partial charge in [0.2, 0.25) is 5.91 Å². The van der Waals surface area contributed by atoms with Crippen LogP contribution in [0, 0.1) is 11.8 Å². The molecule has 104 valence electrons. The first-order valence-electron chi connectivity index (χ1n) is 6.54. The van der Waals surface area contributed by atoms with Crippen molar-refractivity contribution in [3.63, 3.8) is 0 Å². The monoisotopic (exact) mass is 257 g/mol. The molecule has 2 atom stereocenters. The first kappa shape index (κ1) is 15.0. The Labute approximate surface area is 108 Å². The molecule has 5 heteroatoms. The van der Waals surface area contributed by atoms with E-state index in [2.05, 4.69) is 0 Å². The number of carboxylic acid groups (broad SMARTS) is 1. The van der Waals surface area contributed by atoms with E-state index in [4.69, 9.17) is 9.84 Å². The number of hydrogen-bond donors (Lipinski definition) is 1. The number of nitrogens with zero attached hydrogens (tertiary/aromatic N) is 1. The molecule has 0 aromatic heterocycles. The zero-order valence-electron chi connectivity index (χ0n) is 11.2. The van der Waals surface area contributed by atoms with Crippen LogP contribution in [0.5, 0.6) is 0 Å². The standard InChI is InChI=1S/C13H23NO4/c1-14(8-5-9-18-2)12(15)10-6-3-4-7-11(10)13(16)17/h10-11H,3-9H2,1-2H3,(H,16,17). The number of methoxy groups -OCH3 is 1. The molecule has 0 aliphatic heterocycles. The van der Waals surface area contributed by atoms with Crippen molar-refractivity contribution in [2.24, 2.45) is 11.8 Å². The lowest BCUT2D eigenvalue weighted by molar-refractivity contribution is -0.151. The highest BCUT2D eigenvalue weighted by Crippen LogP contribution is 2.31. The quantitative estimate of drug-likeness (QED) is 0.730. The Morgan fingerprint density at radius 2 is 1.89 bits per heavy atom.